The molecule has 190 valence electrons. The number of nitrogens with one attached hydrogen (secondary N) is 1. The van der Waals surface area contributed by atoms with Gasteiger partial charge in [0.2, 0.25) is 10.0 Å². The lowest BCUT2D eigenvalue weighted by molar-refractivity contribution is -0.143. The SMILES string of the molecule is O=S(=O)(NCCSc1cc(C(F)(F)F)nc2ccccc12)c1cc(C(F)(F)F)cc(C(F)(F)F)c1. The van der Waals surface area contributed by atoms with E-state index >= 15 is 0 Å². The minimum absolute atomic E-state index is 0.0362. The van der Waals surface area contributed by atoms with Crippen LogP contribution >= 0.6 is 11.8 Å². The van der Waals surface area contributed by atoms with Crippen LogP contribution in [0.1, 0.15) is 16.8 Å². The molecule has 15 heteroatoms. The van der Waals surface area contributed by atoms with Crippen molar-refractivity contribution >= 4 is 32.7 Å². The summed E-state index contributed by atoms with van der Waals surface area (Å²) >= 11 is 0.804. The molecule has 4 nitrogen and oxygen atoms in total. The maximum absolute atomic E-state index is 13.1. The second-order valence-electron chi connectivity index (χ2n) is 7.01. The van der Waals surface area contributed by atoms with E-state index in [-0.39, 0.29) is 34.4 Å². The van der Waals surface area contributed by atoms with Crippen molar-refractivity contribution in [1.82, 2.24) is 9.71 Å². The van der Waals surface area contributed by atoms with Gasteiger partial charge < -0.3 is 0 Å². The van der Waals surface area contributed by atoms with Gasteiger partial charge in [-0.2, -0.15) is 39.5 Å². The van der Waals surface area contributed by atoms with Gasteiger partial charge in [-0.05, 0) is 30.3 Å². The van der Waals surface area contributed by atoms with Crippen molar-refractivity contribution in [3.05, 3.63) is 65.4 Å². The Labute approximate surface area is 196 Å². The maximum Gasteiger partial charge on any atom is 0.433 e. The van der Waals surface area contributed by atoms with E-state index in [0.29, 0.717) is 5.39 Å². The summed E-state index contributed by atoms with van der Waals surface area (Å²) in [6, 6.07) is 6.57. The first-order valence-electron chi connectivity index (χ1n) is 9.37. The zero-order chi connectivity index (χ0) is 26.2. The first-order chi connectivity index (χ1) is 16.0. The van der Waals surface area contributed by atoms with Crippen molar-refractivity contribution in [2.75, 3.05) is 12.3 Å². The zero-order valence-corrected chi connectivity index (χ0v) is 18.6. The van der Waals surface area contributed by atoms with Gasteiger partial charge in [0.05, 0.1) is 21.5 Å². The number of para-hydroxylation sites is 1. The molecule has 2 aromatic carbocycles. The molecule has 0 bridgehead atoms. The van der Waals surface area contributed by atoms with Crippen molar-refractivity contribution in [1.29, 1.82) is 0 Å². The second kappa shape index (κ2) is 9.50. The molecule has 0 atom stereocenters. The molecule has 0 fully saturated rings. The Morgan fingerprint density at radius 1 is 0.800 bits per heavy atom. The predicted molar refractivity (Wildman–Crippen MR) is 109 cm³/mol. The molecule has 35 heavy (non-hydrogen) atoms. The summed E-state index contributed by atoms with van der Waals surface area (Å²) in [7, 11) is -4.81. The maximum atomic E-state index is 13.1. The number of pyridine rings is 1. The number of sulfonamides is 1. The Morgan fingerprint density at radius 3 is 1.91 bits per heavy atom. The Hall–Kier alpha value is -2.52. The summed E-state index contributed by atoms with van der Waals surface area (Å²) < 4.78 is 144. The molecular weight excluding hydrogens is 535 g/mol. The van der Waals surface area contributed by atoms with Gasteiger partial charge in [0.1, 0.15) is 5.69 Å². The number of hydrogen-bond acceptors (Lipinski definition) is 4. The van der Waals surface area contributed by atoms with E-state index in [4.69, 9.17) is 0 Å². The molecule has 0 aliphatic heterocycles. The molecule has 1 aromatic heterocycles. The zero-order valence-electron chi connectivity index (χ0n) is 17.0. The number of benzene rings is 2. The summed E-state index contributed by atoms with van der Waals surface area (Å²) in [5, 5.41) is 0.348. The fraction of sp³-hybridized carbons (Fsp3) is 0.250. The molecule has 0 spiro atoms. The van der Waals surface area contributed by atoms with Crippen LogP contribution in [0, 0.1) is 0 Å². The van der Waals surface area contributed by atoms with Crippen LogP contribution in [0.3, 0.4) is 0 Å². The lowest BCUT2D eigenvalue weighted by Gasteiger charge is -2.15. The highest BCUT2D eigenvalue weighted by atomic mass is 32.2. The lowest BCUT2D eigenvalue weighted by atomic mass is 10.1. The van der Waals surface area contributed by atoms with Gasteiger partial charge in [0.25, 0.3) is 0 Å². The van der Waals surface area contributed by atoms with Crippen LogP contribution in [-0.2, 0) is 28.6 Å². The number of rotatable bonds is 6. The predicted octanol–water partition coefficient (Wildman–Crippen LogP) is 6.36. The Balaban J connectivity index is 1.81. The summed E-state index contributed by atoms with van der Waals surface area (Å²) in [5.74, 6) is -0.185. The van der Waals surface area contributed by atoms with E-state index in [9.17, 15) is 47.9 Å². The van der Waals surface area contributed by atoms with E-state index in [1.165, 1.54) is 18.2 Å². The number of fused-ring (bicyclic) bond motifs is 1. The van der Waals surface area contributed by atoms with Crippen LogP contribution in [-0.4, -0.2) is 25.7 Å². The number of hydrogen-bond donors (Lipinski definition) is 1. The van der Waals surface area contributed by atoms with E-state index in [2.05, 4.69) is 4.98 Å². The third-order valence-electron chi connectivity index (χ3n) is 4.49. The van der Waals surface area contributed by atoms with Crippen molar-refractivity contribution in [3.8, 4) is 0 Å². The van der Waals surface area contributed by atoms with Gasteiger partial charge in [-0.1, -0.05) is 18.2 Å². The quantitative estimate of drug-likeness (QED) is 0.221. The van der Waals surface area contributed by atoms with Crippen molar-refractivity contribution in [2.24, 2.45) is 0 Å². The molecule has 3 aromatic rings. The van der Waals surface area contributed by atoms with Crippen LogP contribution in [0.25, 0.3) is 10.9 Å². The first kappa shape index (κ1) is 27.1. The first-order valence-corrected chi connectivity index (χ1v) is 11.8. The normalized spacial score (nSPS) is 13.4. The molecule has 0 saturated carbocycles. The molecule has 0 radical (unpaired) electrons. The highest BCUT2D eigenvalue weighted by molar-refractivity contribution is 7.99. The van der Waals surface area contributed by atoms with Crippen LogP contribution in [0.4, 0.5) is 39.5 Å². The van der Waals surface area contributed by atoms with Crippen molar-refractivity contribution in [2.45, 2.75) is 28.3 Å². The van der Waals surface area contributed by atoms with E-state index in [1.807, 2.05) is 4.72 Å². The molecule has 3 rings (SSSR count). The van der Waals surface area contributed by atoms with Crippen LogP contribution < -0.4 is 4.72 Å². The van der Waals surface area contributed by atoms with E-state index < -0.39 is 56.8 Å². The minimum atomic E-state index is -5.24. The van der Waals surface area contributed by atoms with Gasteiger partial charge in [-0.15, -0.1) is 11.8 Å². The average Bonchev–Trinajstić information content (AvgIpc) is 2.74. The monoisotopic (exact) mass is 548 g/mol. The van der Waals surface area contributed by atoms with E-state index in [0.717, 1.165) is 17.8 Å². The smallest absolute Gasteiger partial charge is 0.243 e. The highest BCUT2D eigenvalue weighted by Gasteiger charge is 2.38. The fourth-order valence-electron chi connectivity index (χ4n) is 2.91. The molecule has 0 aliphatic carbocycles. The van der Waals surface area contributed by atoms with Gasteiger partial charge in [0, 0.05) is 22.6 Å². The van der Waals surface area contributed by atoms with Crippen LogP contribution in [0.15, 0.2) is 58.3 Å². The van der Waals surface area contributed by atoms with Crippen LogP contribution in [0.5, 0.6) is 0 Å². The lowest BCUT2D eigenvalue weighted by Crippen LogP contribution is -2.27. The molecular formula is C20H13F9N2O2S2. The Kier molecular flexibility index (Phi) is 7.35. The number of nitrogens with zero attached hydrogens (tertiary/aromatic N) is 1. The highest BCUT2D eigenvalue weighted by Crippen LogP contribution is 2.38. The fourth-order valence-corrected chi connectivity index (χ4v) is 5.09. The Bertz CT molecular complexity index is 1300. The van der Waals surface area contributed by atoms with Gasteiger partial charge >= 0.3 is 18.5 Å². The van der Waals surface area contributed by atoms with Gasteiger partial charge in [-0.3, -0.25) is 0 Å². The number of aromatic nitrogens is 1. The van der Waals surface area contributed by atoms with Crippen molar-refractivity contribution < 1.29 is 47.9 Å². The average molecular weight is 548 g/mol. The topological polar surface area (TPSA) is 59.1 Å². The van der Waals surface area contributed by atoms with Gasteiger partial charge in [-0.25, -0.2) is 18.1 Å². The summed E-state index contributed by atoms with van der Waals surface area (Å²) in [6.45, 7) is -0.497. The summed E-state index contributed by atoms with van der Waals surface area (Å²) in [4.78, 5) is 2.40. The minimum Gasteiger partial charge on any atom is -0.243 e. The van der Waals surface area contributed by atoms with Crippen LogP contribution in [0.2, 0.25) is 0 Å². The second-order valence-corrected chi connectivity index (χ2v) is 9.91. The number of halogens is 9. The summed E-state index contributed by atoms with van der Waals surface area (Å²) in [6.07, 6.45) is -15.2. The number of thioether (sulfide) groups is 1. The molecule has 0 unspecified atom stereocenters. The van der Waals surface area contributed by atoms with E-state index in [1.54, 1.807) is 6.07 Å². The summed E-state index contributed by atoms with van der Waals surface area (Å²) in [5.41, 5.74) is -4.74. The molecule has 0 saturated heterocycles. The molecule has 0 amide bonds. The van der Waals surface area contributed by atoms with Gasteiger partial charge in [0.15, 0.2) is 0 Å². The number of alkyl halides is 9. The molecule has 0 aliphatic rings. The van der Waals surface area contributed by atoms with Crippen molar-refractivity contribution in [3.63, 3.8) is 0 Å². The standard InChI is InChI=1S/C20H13F9N2O2S2/c21-18(22,23)11-7-12(19(24,25)26)9-13(8-11)35(32,33)30-5-6-34-16-10-17(20(27,28)29)31-15-4-2-1-3-14(15)16/h1-4,7-10,30H,5-6H2. The third kappa shape index (κ3) is 6.58. The molecule has 1 N–H and O–H groups in total. The Morgan fingerprint density at radius 2 is 1.37 bits per heavy atom. The molecule has 1 heterocycles. The third-order valence-corrected chi connectivity index (χ3v) is 6.99. The largest absolute Gasteiger partial charge is 0.433 e.